The zero-order valence-corrected chi connectivity index (χ0v) is 17.0. The molecular formula is C22H38N2O3. The fourth-order valence-corrected chi connectivity index (χ4v) is 5.76. The molecule has 4 fully saturated rings. The first-order chi connectivity index (χ1) is 13.2. The van der Waals surface area contributed by atoms with Crippen molar-refractivity contribution >= 4 is 5.91 Å². The molecule has 1 spiro atoms. The number of rotatable bonds is 3. The Hall–Kier alpha value is -0.650. The average Bonchev–Trinajstić information content (AvgIpc) is 2.99. The van der Waals surface area contributed by atoms with E-state index in [1.165, 1.54) is 51.6 Å². The van der Waals surface area contributed by atoms with Crippen LogP contribution in [0.2, 0.25) is 0 Å². The summed E-state index contributed by atoms with van der Waals surface area (Å²) in [5.41, 5.74) is 0.0510. The Bertz CT molecular complexity index is 476. The fourth-order valence-electron chi connectivity index (χ4n) is 5.76. The molecule has 0 aromatic rings. The van der Waals surface area contributed by atoms with Crippen LogP contribution in [0, 0.1) is 5.92 Å². The molecule has 27 heavy (non-hydrogen) atoms. The van der Waals surface area contributed by atoms with Crippen LogP contribution in [0.25, 0.3) is 0 Å². The molecule has 3 heterocycles. The summed E-state index contributed by atoms with van der Waals surface area (Å²) >= 11 is 0. The van der Waals surface area contributed by atoms with E-state index in [0.717, 1.165) is 51.4 Å². The molecule has 5 nitrogen and oxygen atoms in total. The molecule has 1 atom stereocenters. The van der Waals surface area contributed by atoms with Crippen LogP contribution < -0.4 is 0 Å². The van der Waals surface area contributed by atoms with E-state index in [0.29, 0.717) is 31.5 Å². The highest BCUT2D eigenvalue weighted by Gasteiger charge is 2.42. The second-order valence-electron chi connectivity index (χ2n) is 9.27. The van der Waals surface area contributed by atoms with Crippen molar-refractivity contribution in [3.05, 3.63) is 0 Å². The van der Waals surface area contributed by atoms with Crippen LogP contribution in [0.1, 0.15) is 70.6 Å². The van der Waals surface area contributed by atoms with Gasteiger partial charge < -0.3 is 19.3 Å². The van der Waals surface area contributed by atoms with Crippen molar-refractivity contribution in [2.24, 2.45) is 5.92 Å². The molecular weight excluding hydrogens is 340 g/mol. The number of hydrogen-bond donors (Lipinski definition) is 0. The third kappa shape index (κ3) is 5.04. The van der Waals surface area contributed by atoms with Crippen LogP contribution >= 0.6 is 0 Å². The molecule has 3 aliphatic heterocycles. The van der Waals surface area contributed by atoms with Gasteiger partial charge in [0.15, 0.2) is 0 Å². The SMILES string of the molecule is O=C(CC1CCOC2(CCN(C3CCCCCC3)CC2)C1)N1CCOCC1. The van der Waals surface area contributed by atoms with E-state index in [4.69, 9.17) is 9.47 Å². The Balaban J connectivity index is 1.27. The minimum atomic E-state index is 0.0510. The van der Waals surface area contributed by atoms with Crippen molar-refractivity contribution < 1.29 is 14.3 Å². The zero-order valence-electron chi connectivity index (χ0n) is 17.0. The summed E-state index contributed by atoms with van der Waals surface area (Å²) in [5.74, 6) is 0.828. The third-order valence-electron chi connectivity index (χ3n) is 7.47. The number of piperidine rings is 1. The summed E-state index contributed by atoms with van der Waals surface area (Å²) in [5, 5.41) is 0. The summed E-state index contributed by atoms with van der Waals surface area (Å²) in [6, 6.07) is 0.812. The van der Waals surface area contributed by atoms with E-state index in [-0.39, 0.29) is 5.60 Å². The quantitative estimate of drug-likeness (QED) is 0.707. The van der Waals surface area contributed by atoms with Gasteiger partial charge in [-0.15, -0.1) is 0 Å². The lowest BCUT2D eigenvalue weighted by molar-refractivity contribution is -0.146. The molecule has 5 heteroatoms. The van der Waals surface area contributed by atoms with Crippen molar-refractivity contribution in [2.45, 2.75) is 82.3 Å². The summed E-state index contributed by atoms with van der Waals surface area (Å²) in [7, 11) is 0. The van der Waals surface area contributed by atoms with Gasteiger partial charge in [0.05, 0.1) is 18.8 Å². The van der Waals surface area contributed by atoms with Gasteiger partial charge in [0.1, 0.15) is 0 Å². The second-order valence-corrected chi connectivity index (χ2v) is 9.27. The number of nitrogens with zero attached hydrogens (tertiary/aromatic N) is 2. The van der Waals surface area contributed by atoms with Gasteiger partial charge in [0.25, 0.3) is 0 Å². The Morgan fingerprint density at radius 1 is 0.889 bits per heavy atom. The van der Waals surface area contributed by atoms with Crippen LogP contribution in [0.3, 0.4) is 0 Å². The Kier molecular flexibility index (Phi) is 6.72. The fraction of sp³-hybridized carbons (Fsp3) is 0.955. The lowest BCUT2D eigenvalue weighted by Gasteiger charge is -2.48. The molecule has 1 amide bonds. The van der Waals surface area contributed by atoms with Gasteiger partial charge in [-0.3, -0.25) is 4.79 Å². The minimum absolute atomic E-state index is 0.0510. The molecule has 3 saturated heterocycles. The first-order valence-corrected chi connectivity index (χ1v) is 11.5. The lowest BCUT2D eigenvalue weighted by atomic mass is 9.77. The molecule has 1 saturated carbocycles. The second kappa shape index (κ2) is 9.23. The molecule has 0 aromatic heterocycles. The number of hydrogen-bond acceptors (Lipinski definition) is 4. The van der Waals surface area contributed by atoms with Gasteiger partial charge in [-0.05, 0) is 44.4 Å². The normalized spacial score (nSPS) is 31.0. The Labute approximate surface area is 164 Å². The highest BCUT2D eigenvalue weighted by molar-refractivity contribution is 5.76. The van der Waals surface area contributed by atoms with Crippen LogP contribution in [-0.2, 0) is 14.3 Å². The molecule has 0 aromatic carbocycles. The summed E-state index contributed by atoms with van der Waals surface area (Å²) in [6.45, 7) is 6.14. The number of morpholine rings is 1. The maximum Gasteiger partial charge on any atom is 0.223 e. The van der Waals surface area contributed by atoms with Gasteiger partial charge in [-0.25, -0.2) is 0 Å². The smallest absolute Gasteiger partial charge is 0.223 e. The first-order valence-electron chi connectivity index (χ1n) is 11.5. The number of ether oxygens (including phenoxy) is 2. The van der Waals surface area contributed by atoms with Gasteiger partial charge in [0, 0.05) is 45.2 Å². The van der Waals surface area contributed by atoms with E-state index in [9.17, 15) is 4.79 Å². The van der Waals surface area contributed by atoms with Gasteiger partial charge >= 0.3 is 0 Å². The third-order valence-corrected chi connectivity index (χ3v) is 7.47. The van der Waals surface area contributed by atoms with E-state index in [1.807, 2.05) is 4.90 Å². The van der Waals surface area contributed by atoms with Crippen LogP contribution in [0.15, 0.2) is 0 Å². The van der Waals surface area contributed by atoms with Crippen molar-refractivity contribution in [3.8, 4) is 0 Å². The van der Waals surface area contributed by atoms with Crippen molar-refractivity contribution in [1.29, 1.82) is 0 Å². The summed E-state index contributed by atoms with van der Waals surface area (Å²) in [4.78, 5) is 17.4. The van der Waals surface area contributed by atoms with E-state index in [1.54, 1.807) is 0 Å². The topological polar surface area (TPSA) is 42.0 Å². The van der Waals surface area contributed by atoms with Crippen molar-refractivity contribution in [1.82, 2.24) is 9.80 Å². The summed E-state index contributed by atoms with van der Waals surface area (Å²) < 4.78 is 11.7. The predicted molar refractivity (Wildman–Crippen MR) is 106 cm³/mol. The summed E-state index contributed by atoms with van der Waals surface area (Å²) in [6.07, 6.45) is 13.6. The van der Waals surface area contributed by atoms with E-state index in [2.05, 4.69) is 4.90 Å². The maximum atomic E-state index is 12.6. The first kappa shape index (κ1) is 19.7. The average molecular weight is 379 g/mol. The molecule has 1 unspecified atom stereocenters. The van der Waals surface area contributed by atoms with Gasteiger partial charge in [-0.1, -0.05) is 25.7 Å². The minimum Gasteiger partial charge on any atom is -0.378 e. The molecule has 4 aliphatic rings. The maximum absolute atomic E-state index is 12.6. The molecule has 1 aliphatic carbocycles. The highest BCUT2D eigenvalue weighted by Crippen LogP contribution is 2.40. The molecule has 4 rings (SSSR count). The van der Waals surface area contributed by atoms with Gasteiger partial charge in [0.2, 0.25) is 5.91 Å². The van der Waals surface area contributed by atoms with Gasteiger partial charge in [-0.2, -0.15) is 0 Å². The monoisotopic (exact) mass is 378 g/mol. The Morgan fingerprint density at radius 3 is 2.30 bits per heavy atom. The number of likely N-dealkylation sites (tertiary alicyclic amines) is 1. The highest BCUT2D eigenvalue weighted by atomic mass is 16.5. The lowest BCUT2D eigenvalue weighted by Crippen LogP contribution is -2.52. The number of carbonyl (C=O) groups is 1. The molecule has 0 radical (unpaired) electrons. The number of carbonyl (C=O) groups excluding carboxylic acids is 1. The van der Waals surface area contributed by atoms with Crippen LogP contribution in [-0.4, -0.2) is 73.3 Å². The van der Waals surface area contributed by atoms with E-state index < -0.39 is 0 Å². The Morgan fingerprint density at radius 2 is 1.59 bits per heavy atom. The molecule has 0 bridgehead atoms. The zero-order chi connectivity index (χ0) is 18.5. The molecule has 154 valence electrons. The van der Waals surface area contributed by atoms with E-state index >= 15 is 0 Å². The number of amides is 1. The largest absolute Gasteiger partial charge is 0.378 e. The van der Waals surface area contributed by atoms with Crippen LogP contribution in [0.4, 0.5) is 0 Å². The van der Waals surface area contributed by atoms with Crippen molar-refractivity contribution in [3.63, 3.8) is 0 Å². The van der Waals surface area contributed by atoms with Crippen LogP contribution in [0.5, 0.6) is 0 Å². The standard InChI is InChI=1S/C22H38N2O3/c25-21(24-12-15-26-16-13-24)17-19-7-14-27-22(18-19)8-10-23(11-9-22)20-5-3-1-2-4-6-20/h19-20H,1-18H2. The molecule has 0 N–H and O–H groups in total. The van der Waals surface area contributed by atoms with Crippen molar-refractivity contribution in [2.75, 3.05) is 46.0 Å². The predicted octanol–water partition coefficient (Wildman–Crippen LogP) is 3.22.